The molecule has 4 heteroatoms. The van der Waals surface area contributed by atoms with Gasteiger partial charge in [0.1, 0.15) is 13.7 Å². The van der Waals surface area contributed by atoms with E-state index in [0.29, 0.717) is 5.56 Å². The highest BCUT2D eigenvalue weighted by Crippen LogP contribution is 2.10. The summed E-state index contributed by atoms with van der Waals surface area (Å²) in [5.41, 5.74) is 0.249. The highest BCUT2D eigenvalue weighted by Gasteiger charge is 2.12. The van der Waals surface area contributed by atoms with Gasteiger partial charge in [-0.25, -0.2) is 9.18 Å². The van der Waals surface area contributed by atoms with E-state index in [4.69, 9.17) is 13.0 Å². The number of hydrogen-bond acceptors (Lipinski definition) is 1. The van der Waals surface area contributed by atoms with Gasteiger partial charge in [0.2, 0.25) is 0 Å². The number of aromatic carboxylic acids is 1. The SMILES string of the molecule is [B]c1cc(C)c(C(=O)O)c(F)c1. The molecule has 0 bridgehead atoms. The predicted octanol–water partition coefficient (Wildman–Crippen LogP) is 0.626. The Morgan fingerprint density at radius 2 is 2.17 bits per heavy atom. The Hall–Kier alpha value is -1.32. The second-order valence-electron chi connectivity index (χ2n) is 2.50. The van der Waals surface area contributed by atoms with E-state index in [1.54, 1.807) is 0 Å². The Labute approximate surface area is 70.4 Å². The van der Waals surface area contributed by atoms with E-state index >= 15 is 0 Å². The summed E-state index contributed by atoms with van der Waals surface area (Å²) < 4.78 is 12.9. The van der Waals surface area contributed by atoms with Gasteiger partial charge in [-0.3, -0.25) is 0 Å². The molecule has 0 aromatic heterocycles. The molecule has 2 radical (unpaired) electrons. The number of benzene rings is 1. The molecule has 1 rings (SSSR count). The molecule has 0 aliphatic carbocycles. The van der Waals surface area contributed by atoms with Gasteiger partial charge in [-0.2, -0.15) is 0 Å². The van der Waals surface area contributed by atoms with E-state index < -0.39 is 11.8 Å². The third kappa shape index (κ3) is 1.47. The maximum absolute atomic E-state index is 12.9. The molecule has 1 aromatic rings. The van der Waals surface area contributed by atoms with Crippen LogP contribution in [0.15, 0.2) is 12.1 Å². The molecule has 0 fully saturated rings. The zero-order valence-corrected chi connectivity index (χ0v) is 6.47. The highest BCUT2D eigenvalue weighted by molar-refractivity contribution is 6.32. The van der Waals surface area contributed by atoms with Crippen molar-refractivity contribution in [3.05, 3.63) is 29.1 Å². The van der Waals surface area contributed by atoms with E-state index in [1.165, 1.54) is 13.0 Å². The number of carboxylic acid groups (broad SMARTS) is 1. The first-order valence-corrected chi connectivity index (χ1v) is 3.31. The second kappa shape index (κ2) is 2.97. The van der Waals surface area contributed by atoms with Gasteiger partial charge in [0.25, 0.3) is 0 Å². The third-order valence-electron chi connectivity index (χ3n) is 1.52. The molecule has 0 aliphatic rings. The van der Waals surface area contributed by atoms with Crippen molar-refractivity contribution >= 4 is 19.3 Å². The molecule has 0 heterocycles. The van der Waals surface area contributed by atoms with Crippen molar-refractivity contribution in [1.29, 1.82) is 0 Å². The van der Waals surface area contributed by atoms with E-state index in [0.717, 1.165) is 6.07 Å². The zero-order chi connectivity index (χ0) is 9.30. The van der Waals surface area contributed by atoms with Gasteiger partial charge < -0.3 is 5.11 Å². The van der Waals surface area contributed by atoms with E-state index in [-0.39, 0.29) is 11.0 Å². The minimum Gasteiger partial charge on any atom is -0.478 e. The fourth-order valence-corrected chi connectivity index (χ4v) is 1.04. The van der Waals surface area contributed by atoms with Gasteiger partial charge in [0.05, 0.1) is 5.56 Å². The van der Waals surface area contributed by atoms with Gasteiger partial charge in [-0.15, -0.1) is 0 Å². The Kier molecular flexibility index (Phi) is 2.17. The summed E-state index contributed by atoms with van der Waals surface area (Å²) in [5.74, 6) is -2.06. The quantitative estimate of drug-likeness (QED) is 0.617. The minimum absolute atomic E-state index is 0.231. The zero-order valence-electron chi connectivity index (χ0n) is 6.47. The van der Waals surface area contributed by atoms with Crippen molar-refractivity contribution in [3.63, 3.8) is 0 Å². The van der Waals surface area contributed by atoms with Crippen LogP contribution < -0.4 is 5.46 Å². The molecule has 1 aromatic carbocycles. The van der Waals surface area contributed by atoms with Crippen LogP contribution in [0.4, 0.5) is 4.39 Å². The molecule has 12 heavy (non-hydrogen) atoms. The lowest BCUT2D eigenvalue weighted by Gasteiger charge is -2.03. The lowest BCUT2D eigenvalue weighted by Crippen LogP contribution is -2.11. The van der Waals surface area contributed by atoms with Crippen LogP contribution in [0.1, 0.15) is 15.9 Å². The Balaban J connectivity index is 3.38. The van der Waals surface area contributed by atoms with E-state index in [2.05, 4.69) is 0 Å². The Morgan fingerprint density at radius 1 is 1.58 bits per heavy atom. The summed E-state index contributed by atoms with van der Waals surface area (Å²) in [5, 5.41) is 8.56. The highest BCUT2D eigenvalue weighted by atomic mass is 19.1. The summed E-state index contributed by atoms with van der Waals surface area (Å²) in [4.78, 5) is 10.5. The summed E-state index contributed by atoms with van der Waals surface area (Å²) >= 11 is 0. The lowest BCUT2D eigenvalue weighted by molar-refractivity contribution is 0.0691. The Morgan fingerprint density at radius 3 is 2.58 bits per heavy atom. The fraction of sp³-hybridized carbons (Fsp3) is 0.125. The second-order valence-corrected chi connectivity index (χ2v) is 2.50. The van der Waals surface area contributed by atoms with Crippen LogP contribution in [0.25, 0.3) is 0 Å². The van der Waals surface area contributed by atoms with Crippen LogP contribution in [-0.4, -0.2) is 18.9 Å². The molecule has 0 amide bonds. The van der Waals surface area contributed by atoms with Crippen LogP contribution >= 0.6 is 0 Å². The standard InChI is InChI=1S/C8H6BFO2/c1-4-2-5(9)3-6(10)7(4)8(11)12/h2-3H,1H3,(H,11,12). The van der Waals surface area contributed by atoms with Crippen molar-refractivity contribution in [1.82, 2.24) is 0 Å². The minimum atomic E-state index is -1.27. The smallest absolute Gasteiger partial charge is 0.338 e. The normalized spacial score (nSPS) is 9.83. The molecular weight excluding hydrogens is 158 g/mol. The van der Waals surface area contributed by atoms with E-state index in [9.17, 15) is 9.18 Å². The molecule has 60 valence electrons. The van der Waals surface area contributed by atoms with Crippen LogP contribution in [-0.2, 0) is 0 Å². The molecule has 1 N–H and O–H groups in total. The largest absolute Gasteiger partial charge is 0.478 e. The number of carboxylic acids is 1. The molecule has 0 unspecified atom stereocenters. The van der Waals surface area contributed by atoms with Gasteiger partial charge in [-0.05, 0) is 18.6 Å². The van der Waals surface area contributed by atoms with Crippen molar-refractivity contribution in [3.8, 4) is 0 Å². The van der Waals surface area contributed by atoms with Crippen LogP contribution in [0.3, 0.4) is 0 Å². The van der Waals surface area contributed by atoms with Crippen LogP contribution in [0, 0.1) is 12.7 Å². The predicted molar refractivity (Wildman–Crippen MR) is 43.5 cm³/mol. The van der Waals surface area contributed by atoms with Crippen molar-refractivity contribution in [2.24, 2.45) is 0 Å². The molecule has 0 spiro atoms. The number of hydrogen-bond donors (Lipinski definition) is 1. The molecular formula is C8H6BFO2. The van der Waals surface area contributed by atoms with Crippen molar-refractivity contribution < 1.29 is 14.3 Å². The monoisotopic (exact) mass is 164 g/mol. The number of rotatable bonds is 1. The van der Waals surface area contributed by atoms with E-state index in [1.807, 2.05) is 0 Å². The number of aryl methyl sites for hydroxylation is 1. The van der Waals surface area contributed by atoms with Gasteiger partial charge in [-0.1, -0.05) is 11.5 Å². The maximum Gasteiger partial charge on any atom is 0.338 e. The van der Waals surface area contributed by atoms with Gasteiger partial charge in [0.15, 0.2) is 0 Å². The molecule has 0 aliphatic heterocycles. The summed E-state index contributed by atoms with van der Waals surface area (Å²) in [6, 6.07) is 2.42. The summed E-state index contributed by atoms with van der Waals surface area (Å²) in [7, 11) is 5.30. The van der Waals surface area contributed by atoms with Gasteiger partial charge in [0, 0.05) is 0 Å². The summed E-state index contributed by atoms with van der Waals surface area (Å²) in [6.07, 6.45) is 0. The van der Waals surface area contributed by atoms with Crippen molar-refractivity contribution in [2.75, 3.05) is 0 Å². The topological polar surface area (TPSA) is 37.3 Å². The average molecular weight is 164 g/mol. The maximum atomic E-state index is 12.9. The molecule has 0 atom stereocenters. The molecule has 0 saturated heterocycles. The average Bonchev–Trinajstić information content (AvgIpc) is 1.82. The number of carbonyl (C=O) groups is 1. The first-order valence-electron chi connectivity index (χ1n) is 3.31. The van der Waals surface area contributed by atoms with Crippen LogP contribution in [0.2, 0.25) is 0 Å². The number of halogens is 1. The van der Waals surface area contributed by atoms with Gasteiger partial charge >= 0.3 is 5.97 Å². The first kappa shape index (κ1) is 8.78. The molecule has 0 saturated carbocycles. The summed E-state index contributed by atoms with van der Waals surface area (Å²) in [6.45, 7) is 1.50. The van der Waals surface area contributed by atoms with Crippen LogP contribution in [0.5, 0.6) is 0 Å². The molecule has 2 nitrogen and oxygen atoms in total. The first-order chi connectivity index (χ1) is 5.52. The Bertz CT molecular complexity index is 313. The fourth-order valence-electron chi connectivity index (χ4n) is 1.04. The van der Waals surface area contributed by atoms with Crippen molar-refractivity contribution in [2.45, 2.75) is 6.92 Å². The third-order valence-corrected chi connectivity index (χ3v) is 1.52. The lowest BCUT2D eigenvalue weighted by atomic mass is 9.92.